The minimum atomic E-state index is 0.132. The van der Waals surface area contributed by atoms with Gasteiger partial charge in [-0.25, -0.2) is 0 Å². The largest absolute Gasteiger partial charge is 0.454 e. The van der Waals surface area contributed by atoms with Crippen molar-refractivity contribution in [2.75, 3.05) is 19.9 Å². The second-order valence-corrected chi connectivity index (χ2v) is 6.27. The Morgan fingerprint density at radius 2 is 1.80 bits per heavy atom. The summed E-state index contributed by atoms with van der Waals surface area (Å²) in [4.78, 5) is 13.9. The highest BCUT2D eigenvalue weighted by Crippen LogP contribution is 2.32. The number of amides is 1. The molecule has 0 aromatic heterocycles. The molecule has 2 aliphatic heterocycles. The number of piperidine rings is 1. The van der Waals surface area contributed by atoms with Crippen LogP contribution in [0.3, 0.4) is 0 Å². The van der Waals surface area contributed by atoms with E-state index in [0.29, 0.717) is 6.79 Å². The third kappa shape index (κ3) is 5.24. The predicted molar refractivity (Wildman–Crippen MR) is 99.5 cm³/mol. The highest BCUT2D eigenvalue weighted by Gasteiger charge is 2.13. The summed E-state index contributed by atoms with van der Waals surface area (Å²) in [6, 6.07) is 5.95. The van der Waals surface area contributed by atoms with E-state index in [9.17, 15) is 4.79 Å². The first-order valence-corrected chi connectivity index (χ1v) is 9.01. The number of likely N-dealkylation sites (tertiary alicyclic amines) is 1. The first-order valence-electron chi connectivity index (χ1n) is 9.01. The van der Waals surface area contributed by atoms with Gasteiger partial charge >= 0.3 is 0 Å². The second-order valence-electron chi connectivity index (χ2n) is 6.27. The minimum absolute atomic E-state index is 0.132. The van der Waals surface area contributed by atoms with Gasteiger partial charge in [-0.2, -0.15) is 0 Å². The molecule has 3 rings (SSSR count). The van der Waals surface area contributed by atoms with Gasteiger partial charge in [0, 0.05) is 19.2 Å². The van der Waals surface area contributed by atoms with Crippen molar-refractivity contribution >= 4 is 12.0 Å². The van der Waals surface area contributed by atoms with Gasteiger partial charge in [0.15, 0.2) is 11.5 Å². The van der Waals surface area contributed by atoms with Gasteiger partial charge in [0.1, 0.15) is 0 Å². The van der Waals surface area contributed by atoms with Gasteiger partial charge in [-0.05, 0) is 49.8 Å². The van der Waals surface area contributed by atoms with Crippen LogP contribution in [0.5, 0.6) is 11.5 Å². The van der Waals surface area contributed by atoms with Crippen LogP contribution in [0.25, 0.3) is 6.08 Å². The Bertz CT molecular complexity index is 670. The molecule has 1 saturated heterocycles. The lowest BCUT2D eigenvalue weighted by molar-refractivity contribution is -0.126. The normalized spacial score (nSPS) is 17.2. The lowest BCUT2D eigenvalue weighted by Gasteiger charge is -2.25. The standard InChI is InChI=1S/C21H25NO3/c23-21(22-14-8-5-9-15-22)11-7-4-2-1-3-6-10-18-12-13-19-20(16-18)25-17-24-19/h2,4,6-7,10-13,16H,1,3,5,8-9,14-15,17H2/b4-2-,10-6+,11-7+. The van der Waals surface area contributed by atoms with Gasteiger partial charge in [-0.3, -0.25) is 4.79 Å². The Hall–Kier alpha value is -2.49. The summed E-state index contributed by atoms with van der Waals surface area (Å²) in [6.45, 7) is 2.11. The van der Waals surface area contributed by atoms with Crippen molar-refractivity contribution in [1.82, 2.24) is 4.90 Å². The van der Waals surface area contributed by atoms with Crippen molar-refractivity contribution in [3.63, 3.8) is 0 Å². The minimum Gasteiger partial charge on any atom is -0.454 e. The molecule has 0 atom stereocenters. The van der Waals surface area contributed by atoms with Crippen LogP contribution in [-0.4, -0.2) is 30.7 Å². The van der Waals surface area contributed by atoms with E-state index in [1.165, 1.54) is 6.42 Å². The smallest absolute Gasteiger partial charge is 0.246 e. The quantitative estimate of drug-likeness (QED) is 0.440. The molecule has 0 N–H and O–H groups in total. The van der Waals surface area contributed by atoms with E-state index >= 15 is 0 Å². The maximum absolute atomic E-state index is 11.9. The summed E-state index contributed by atoms with van der Waals surface area (Å²) in [7, 11) is 0. The number of ether oxygens (including phenoxy) is 2. The molecule has 0 saturated carbocycles. The lowest BCUT2D eigenvalue weighted by atomic mass is 10.1. The molecule has 1 aromatic carbocycles. The monoisotopic (exact) mass is 339 g/mol. The Balaban J connectivity index is 1.35. The van der Waals surface area contributed by atoms with E-state index in [2.05, 4.69) is 18.2 Å². The van der Waals surface area contributed by atoms with Crippen molar-refractivity contribution in [2.45, 2.75) is 32.1 Å². The zero-order valence-electron chi connectivity index (χ0n) is 14.5. The third-order valence-corrected chi connectivity index (χ3v) is 4.36. The molecule has 1 amide bonds. The molecule has 4 heteroatoms. The van der Waals surface area contributed by atoms with Crippen molar-refractivity contribution in [3.05, 3.63) is 54.1 Å². The van der Waals surface area contributed by atoms with E-state index in [0.717, 1.165) is 55.8 Å². The van der Waals surface area contributed by atoms with E-state index in [1.807, 2.05) is 35.3 Å². The summed E-state index contributed by atoms with van der Waals surface area (Å²) in [5, 5.41) is 0. The number of rotatable bonds is 6. The SMILES string of the molecule is O=C(/C=C/C=C\CC/C=C/c1ccc2c(c1)OCO2)N1CCCCC1. The molecule has 0 spiro atoms. The zero-order valence-corrected chi connectivity index (χ0v) is 14.5. The topological polar surface area (TPSA) is 38.8 Å². The lowest BCUT2D eigenvalue weighted by Crippen LogP contribution is -2.34. The maximum Gasteiger partial charge on any atom is 0.246 e. The molecule has 0 radical (unpaired) electrons. The Morgan fingerprint density at radius 1 is 1.00 bits per heavy atom. The second kappa shape index (κ2) is 9.11. The molecule has 0 unspecified atom stereocenters. The summed E-state index contributed by atoms with van der Waals surface area (Å²) in [5.74, 6) is 1.75. The number of benzene rings is 1. The fourth-order valence-corrected chi connectivity index (χ4v) is 2.96. The van der Waals surface area contributed by atoms with E-state index in [-0.39, 0.29) is 5.91 Å². The highest BCUT2D eigenvalue weighted by molar-refractivity contribution is 5.87. The number of allylic oxidation sites excluding steroid dienone is 4. The number of fused-ring (bicyclic) bond motifs is 1. The van der Waals surface area contributed by atoms with Crippen LogP contribution in [0.4, 0.5) is 0 Å². The molecule has 2 heterocycles. The third-order valence-electron chi connectivity index (χ3n) is 4.36. The first kappa shape index (κ1) is 17.3. The van der Waals surface area contributed by atoms with Crippen molar-refractivity contribution in [3.8, 4) is 11.5 Å². The highest BCUT2D eigenvalue weighted by atomic mass is 16.7. The van der Waals surface area contributed by atoms with E-state index in [4.69, 9.17) is 9.47 Å². The van der Waals surface area contributed by atoms with Crippen LogP contribution >= 0.6 is 0 Å². The Kier molecular flexibility index (Phi) is 6.32. The predicted octanol–water partition coefficient (Wildman–Crippen LogP) is 4.33. The molecule has 1 aromatic rings. The number of unbranched alkanes of at least 4 members (excludes halogenated alkanes) is 1. The summed E-state index contributed by atoms with van der Waals surface area (Å²) in [5.41, 5.74) is 1.11. The summed E-state index contributed by atoms with van der Waals surface area (Å²) >= 11 is 0. The fraction of sp³-hybridized carbons (Fsp3) is 0.381. The number of hydrogen-bond donors (Lipinski definition) is 0. The molecule has 0 bridgehead atoms. The van der Waals surface area contributed by atoms with E-state index < -0.39 is 0 Å². The first-order chi connectivity index (χ1) is 12.3. The summed E-state index contributed by atoms with van der Waals surface area (Å²) in [6.07, 6.45) is 17.2. The van der Waals surface area contributed by atoms with Gasteiger partial charge in [0.2, 0.25) is 12.7 Å². The van der Waals surface area contributed by atoms with Crippen LogP contribution in [-0.2, 0) is 4.79 Å². The number of carbonyl (C=O) groups is 1. The molecule has 132 valence electrons. The van der Waals surface area contributed by atoms with Crippen LogP contribution in [0.1, 0.15) is 37.7 Å². The molecule has 25 heavy (non-hydrogen) atoms. The molecule has 2 aliphatic rings. The molecule has 4 nitrogen and oxygen atoms in total. The molecular weight excluding hydrogens is 314 g/mol. The van der Waals surface area contributed by atoms with Gasteiger partial charge in [0.25, 0.3) is 0 Å². The number of carbonyl (C=O) groups excluding carboxylic acids is 1. The average molecular weight is 339 g/mol. The van der Waals surface area contributed by atoms with Crippen molar-refractivity contribution in [1.29, 1.82) is 0 Å². The van der Waals surface area contributed by atoms with Gasteiger partial charge in [-0.15, -0.1) is 0 Å². The number of nitrogens with zero attached hydrogens (tertiary/aromatic N) is 1. The average Bonchev–Trinajstić information content (AvgIpc) is 3.12. The van der Waals surface area contributed by atoms with Crippen LogP contribution in [0.2, 0.25) is 0 Å². The van der Waals surface area contributed by atoms with Crippen LogP contribution in [0, 0.1) is 0 Å². The van der Waals surface area contributed by atoms with Gasteiger partial charge < -0.3 is 14.4 Å². The maximum atomic E-state index is 11.9. The van der Waals surface area contributed by atoms with E-state index in [1.54, 1.807) is 6.08 Å². The Labute approximate surface area is 149 Å². The summed E-state index contributed by atoms with van der Waals surface area (Å²) < 4.78 is 10.7. The molecule has 1 fully saturated rings. The van der Waals surface area contributed by atoms with Crippen molar-refractivity contribution < 1.29 is 14.3 Å². The fourth-order valence-electron chi connectivity index (χ4n) is 2.96. The molecular formula is C21H25NO3. The van der Waals surface area contributed by atoms with Gasteiger partial charge in [-0.1, -0.05) is 36.4 Å². The van der Waals surface area contributed by atoms with Crippen LogP contribution < -0.4 is 9.47 Å². The number of hydrogen-bond acceptors (Lipinski definition) is 3. The molecule has 0 aliphatic carbocycles. The van der Waals surface area contributed by atoms with Crippen molar-refractivity contribution in [2.24, 2.45) is 0 Å². The Morgan fingerprint density at radius 3 is 2.68 bits per heavy atom. The van der Waals surface area contributed by atoms with Crippen LogP contribution in [0.15, 0.2) is 48.6 Å². The van der Waals surface area contributed by atoms with Gasteiger partial charge in [0.05, 0.1) is 0 Å². The zero-order chi connectivity index (χ0) is 17.3.